The molecule has 3 heteroatoms. The Kier molecular flexibility index (Phi) is 2.46. The van der Waals surface area contributed by atoms with E-state index in [9.17, 15) is 9.59 Å². The Balaban J connectivity index is 1.91. The highest BCUT2D eigenvalue weighted by Crippen LogP contribution is 2.31. The van der Waals surface area contributed by atoms with E-state index in [0.717, 1.165) is 42.8 Å². The molecule has 0 saturated heterocycles. The number of rotatable bonds is 3. The lowest BCUT2D eigenvalue weighted by Crippen LogP contribution is -2.39. The average Bonchev–Trinajstić information content (AvgIpc) is 3.16. The van der Waals surface area contributed by atoms with Crippen molar-refractivity contribution in [1.29, 1.82) is 0 Å². The maximum atomic E-state index is 12.3. The van der Waals surface area contributed by atoms with Gasteiger partial charge in [0, 0.05) is 24.2 Å². The van der Waals surface area contributed by atoms with Crippen LogP contribution in [0.5, 0.6) is 0 Å². The Labute approximate surface area is 100 Å². The van der Waals surface area contributed by atoms with Crippen LogP contribution in [0, 0.1) is 5.92 Å². The highest BCUT2D eigenvalue weighted by atomic mass is 16.2. The lowest BCUT2D eigenvalue weighted by atomic mass is 9.94. The quantitative estimate of drug-likeness (QED) is 0.742. The van der Waals surface area contributed by atoms with Crippen LogP contribution in [0.25, 0.3) is 0 Å². The van der Waals surface area contributed by atoms with Crippen LogP contribution in [0.3, 0.4) is 0 Å². The molecule has 88 valence electrons. The van der Waals surface area contributed by atoms with Gasteiger partial charge in [0.05, 0.1) is 0 Å². The zero-order valence-electron chi connectivity index (χ0n) is 9.69. The Morgan fingerprint density at radius 2 is 2.18 bits per heavy atom. The first kappa shape index (κ1) is 10.5. The summed E-state index contributed by atoms with van der Waals surface area (Å²) in [4.78, 5) is 25.1. The molecule has 1 fully saturated rings. The van der Waals surface area contributed by atoms with Gasteiger partial charge in [-0.25, -0.2) is 0 Å². The Morgan fingerprint density at radius 3 is 2.88 bits per heavy atom. The number of nitrogens with zero attached hydrogens (tertiary/aromatic N) is 1. The number of benzene rings is 1. The molecule has 0 bridgehead atoms. The van der Waals surface area contributed by atoms with Gasteiger partial charge in [-0.15, -0.1) is 0 Å². The first-order valence-corrected chi connectivity index (χ1v) is 6.16. The molecule has 0 unspecified atom stereocenters. The first-order valence-electron chi connectivity index (χ1n) is 6.16. The third-order valence-electron chi connectivity index (χ3n) is 3.66. The summed E-state index contributed by atoms with van der Waals surface area (Å²) in [5.41, 5.74) is 2.32. The van der Waals surface area contributed by atoms with Crippen molar-refractivity contribution in [1.82, 2.24) is 4.90 Å². The standard InChI is InChI=1S/C14H15NO2/c16-9-11-2-1-3-13-12(11)6-7-15(14(13)17)8-10-4-5-10/h1-3,9-10H,4-8H2. The number of amides is 1. The molecule has 0 aromatic heterocycles. The predicted molar refractivity (Wildman–Crippen MR) is 64.2 cm³/mol. The summed E-state index contributed by atoms with van der Waals surface area (Å²) in [6.07, 6.45) is 4.17. The van der Waals surface area contributed by atoms with Crippen LogP contribution in [-0.4, -0.2) is 30.2 Å². The number of fused-ring (bicyclic) bond motifs is 1. The zero-order chi connectivity index (χ0) is 11.8. The fourth-order valence-corrected chi connectivity index (χ4v) is 2.50. The smallest absolute Gasteiger partial charge is 0.254 e. The summed E-state index contributed by atoms with van der Waals surface area (Å²) in [6.45, 7) is 1.65. The van der Waals surface area contributed by atoms with Gasteiger partial charge in [0.2, 0.25) is 0 Å². The molecule has 2 aliphatic rings. The molecule has 1 saturated carbocycles. The van der Waals surface area contributed by atoms with Crippen molar-refractivity contribution in [2.24, 2.45) is 5.92 Å². The van der Waals surface area contributed by atoms with E-state index in [0.29, 0.717) is 5.56 Å². The highest BCUT2D eigenvalue weighted by molar-refractivity contribution is 5.99. The minimum Gasteiger partial charge on any atom is -0.338 e. The summed E-state index contributed by atoms with van der Waals surface area (Å²) in [5.74, 6) is 0.816. The van der Waals surface area contributed by atoms with E-state index in [4.69, 9.17) is 0 Å². The lowest BCUT2D eigenvalue weighted by molar-refractivity contribution is 0.0731. The van der Waals surface area contributed by atoms with Crippen molar-refractivity contribution in [3.05, 3.63) is 34.9 Å². The maximum Gasteiger partial charge on any atom is 0.254 e. The molecule has 0 spiro atoms. The predicted octanol–water partition coefficient (Wildman–Crippen LogP) is 1.91. The van der Waals surface area contributed by atoms with Crippen molar-refractivity contribution in [2.75, 3.05) is 13.1 Å². The minimum absolute atomic E-state index is 0.0989. The van der Waals surface area contributed by atoms with Crippen molar-refractivity contribution in [3.63, 3.8) is 0 Å². The number of hydrogen-bond acceptors (Lipinski definition) is 2. The number of hydrogen-bond donors (Lipinski definition) is 0. The summed E-state index contributed by atoms with van der Waals surface area (Å²) in [6, 6.07) is 5.42. The van der Waals surface area contributed by atoms with E-state index in [1.54, 1.807) is 12.1 Å². The number of carbonyl (C=O) groups is 2. The zero-order valence-corrected chi connectivity index (χ0v) is 9.69. The highest BCUT2D eigenvalue weighted by Gasteiger charge is 2.31. The first-order chi connectivity index (χ1) is 8.29. The van der Waals surface area contributed by atoms with Gasteiger partial charge in [0.25, 0.3) is 5.91 Å². The van der Waals surface area contributed by atoms with Crippen LogP contribution in [0.1, 0.15) is 39.1 Å². The molecule has 0 atom stereocenters. The van der Waals surface area contributed by atoms with E-state index >= 15 is 0 Å². The summed E-state index contributed by atoms with van der Waals surface area (Å²) < 4.78 is 0. The van der Waals surface area contributed by atoms with Crippen LogP contribution < -0.4 is 0 Å². The fourth-order valence-electron chi connectivity index (χ4n) is 2.50. The van der Waals surface area contributed by atoms with E-state index in [1.807, 2.05) is 11.0 Å². The summed E-state index contributed by atoms with van der Waals surface area (Å²) in [5, 5.41) is 0. The fraction of sp³-hybridized carbons (Fsp3) is 0.429. The SMILES string of the molecule is O=Cc1cccc2c1CCN(CC1CC1)C2=O. The maximum absolute atomic E-state index is 12.3. The molecule has 3 rings (SSSR count). The third kappa shape index (κ3) is 1.86. The van der Waals surface area contributed by atoms with Gasteiger partial charge < -0.3 is 4.90 Å². The normalized spacial score (nSPS) is 19.1. The van der Waals surface area contributed by atoms with Gasteiger partial charge >= 0.3 is 0 Å². The molecule has 1 aromatic carbocycles. The molecule has 1 aromatic rings. The number of carbonyl (C=O) groups excluding carboxylic acids is 2. The van der Waals surface area contributed by atoms with Crippen LogP contribution in [0.2, 0.25) is 0 Å². The van der Waals surface area contributed by atoms with Crippen molar-refractivity contribution < 1.29 is 9.59 Å². The Bertz CT molecular complexity index is 477. The molecule has 1 aliphatic heterocycles. The van der Waals surface area contributed by atoms with E-state index in [1.165, 1.54) is 12.8 Å². The molecule has 3 nitrogen and oxygen atoms in total. The van der Waals surface area contributed by atoms with E-state index in [2.05, 4.69) is 0 Å². The largest absolute Gasteiger partial charge is 0.338 e. The molecule has 17 heavy (non-hydrogen) atoms. The second-order valence-electron chi connectivity index (χ2n) is 4.94. The topological polar surface area (TPSA) is 37.4 Å². The van der Waals surface area contributed by atoms with Gasteiger partial charge in [0.15, 0.2) is 0 Å². The van der Waals surface area contributed by atoms with E-state index < -0.39 is 0 Å². The number of aldehydes is 1. The van der Waals surface area contributed by atoms with Gasteiger partial charge in [0.1, 0.15) is 6.29 Å². The molecule has 1 amide bonds. The van der Waals surface area contributed by atoms with Crippen LogP contribution in [0.4, 0.5) is 0 Å². The third-order valence-corrected chi connectivity index (χ3v) is 3.66. The molecular weight excluding hydrogens is 214 g/mol. The van der Waals surface area contributed by atoms with Gasteiger partial charge in [-0.2, -0.15) is 0 Å². The van der Waals surface area contributed by atoms with Gasteiger partial charge in [-0.3, -0.25) is 9.59 Å². The van der Waals surface area contributed by atoms with Crippen LogP contribution in [0.15, 0.2) is 18.2 Å². The minimum atomic E-state index is 0.0989. The summed E-state index contributed by atoms with van der Waals surface area (Å²) >= 11 is 0. The molecule has 0 radical (unpaired) electrons. The monoisotopic (exact) mass is 229 g/mol. The molecule has 1 heterocycles. The second-order valence-corrected chi connectivity index (χ2v) is 4.94. The van der Waals surface area contributed by atoms with Crippen molar-refractivity contribution >= 4 is 12.2 Å². The van der Waals surface area contributed by atoms with Crippen LogP contribution in [-0.2, 0) is 6.42 Å². The lowest BCUT2D eigenvalue weighted by Gasteiger charge is -2.29. The van der Waals surface area contributed by atoms with Crippen molar-refractivity contribution in [2.45, 2.75) is 19.3 Å². The molecular formula is C14H15NO2. The second kappa shape index (κ2) is 3.99. The van der Waals surface area contributed by atoms with Gasteiger partial charge in [-0.05, 0) is 36.8 Å². The van der Waals surface area contributed by atoms with Gasteiger partial charge in [-0.1, -0.05) is 12.1 Å². The average molecular weight is 229 g/mol. The van der Waals surface area contributed by atoms with E-state index in [-0.39, 0.29) is 5.91 Å². The van der Waals surface area contributed by atoms with Crippen LogP contribution >= 0.6 is 0 Å². The summed E-state index contributed by atoms with van der Waals surface area (Å²) in [7, 11) is 0. The molecule has 1 aliphatic carbocycles. The Hall–Kier alpha value is -1.64. The van der Waals surface area contributed by atoms with Crippen molar-refractivity contribution in [3.8, 4) is 0 Å². The molecule has 0 N–H and O–H groups in total. The Morgan fingerprint density at radius 1 is 1.35 bits per heavy atom.